The minimum absolute atomic E-state index is 0.0619. The van der Waals surface area contributed by atoms with Crippen molar-refractivity contribution in [3.63, 3.8) is 0 Å². The summed E-state index contributed by atoms with van der Waals surface area (Å²) in [6, 6.07) is 19.7. The van der Waals surface area contributed by atoms with E-state index in [9.17, 15) is 19.3 Å². The summed E-state index contributed by atoms with van der Waals surface area (Å²) in [5.74, 6) is -0.00539. The lowest BCUT2D eigenvalue weighted by Gasteiger charge is -2.36. The Morgan fingerprint density at radius 3 is 2.31 bits per heavy atom. The molecular weight excluding hydrogens is 413 g/mol. The first kappa shape index (κ1) is 21.3. The molecule has 7 nitrogen and oxygen atoms in total. The third-order valence-corrected chi connectivity index (χ3v) is 5.41. The Bertz CT molecular complexity index is 1110. The van der Waals surface area contributed by atoms with Gasteiger partial charge in [0.2, 0.25) is 0 Å². The minimum Gasteiger partial charge on any atom is -0.488 e. The lowest BCUT2D eigenvalue weighted by Crippen LogP contribution is -2.49. The van der Waals surface area contributed by atoms with Crippen LogP contribution in [0.2, 0.25) is 0 Å². The van der Waals surface area contributed by atoms with E-state index < -0.39 is 0 Å². The predicted octanol–water partition coefficient (Wildman–Crippen LogP) is 4.28. The Kier molecular flexibility index (Phi) is 6.30. The van der Waals surface area contributed by atoms with Gasteiger partial charge in [0.1, 0.15) is 23.9 Å². The molecule has 1 fully saturated rings. The maximum absolute atomic E-state index is 13.2. The van der Waals surface area contributed by atoms with Crippen LogP contribution in [0.1, 0.15) is 15.9 Å². The Balaban J connectivity index is 1.42. The number of carbonyl (C=O) groups excluding carboxylic acids is 1. The first-order chi connectivity index (χ1) is 15.5. The highest BCUT2D eigenvalue weighted by atomic mass is 19.1. The summed E-state index contributed by atoms with van der Waals surface area (Å²) in [6.07, 6.45) is 0. The van der Waals surface area contributed by atoms with Crippen LogP contribution in [0.3, 0.4) is 0 Å². The fourth-order valence-corrected chi connectivity index (χ4v) is 3.72. The molecule has 32 heavy (non-hydrogen) atoms. The Morgan fingerprint density at radius 2 is 1.59 bits per heavy atom. The number of halogens is 1. The second-order valence-corrected chi connectivity index (χ2v) is 7.44. The van der Waals surface area contributed by atoms with Crippen LogP contribution in [0.4, 0.5) is 15.8 Å². The summed E-state index contributed by atoms with van der Waals surface area (Å²) in [4.78, 5) is 27.8. The van der Waals surface area contributed by atoms with Gasteiger partial charge in [0, 0.05) is 32.2 Å². The van der Waals surface area contributed by atoms with E-state index in [2.05, 4.69) is 0 Å². The van der Waals surface area contributed by atoms with E-state index in [0.717, 1.165) is 5.56 Å². The van der Waals surface area contributed by atoms with E-state index in [-0.39, 0.29) is 28.9 Å². The number of carbonyl (C=O) groups is 1. The van der Waals surface area contributed by atoms with Gasteiger partial charge in [0.15, 0.2) is 0 Å². The molecule has 0 N–H and O–H groups in total. The second kappa shape index (κ2) is 9.47. The molecule has 0 radical (unpaired) electrons. The Morgan fingerprint density at radius 1 is 0.938 bits per heavy atom. The number of amides is 1. The topological polar surface area (TPSA) is 75.9 Å². The number of hydrogen-bond donors (Lipinski definition) is 0. The summed E-state index contributed by atoms with van der Waals surface area (Å²) in [5, 5.41) is 11.3. The van der Waals surface area contributed by atoms with Crippen LogP contribution in [0.15, 0.2) is 72.8 Å². The molecule has 1 aliphatic rings. The molecule has 3 aromatic rings. The molecule has 164 valence electrons. The predicted molar refractivity (Wildman–Crippen MR) is 118 cm³/mol. The quantitative estimate of drug-likeness (QED) is 0.427. The van der Waals surface area contributed by atoms with Crippen LogP contribution in [0.25, 0.3) is 0 Å². The monoisotopic (exact) mass is 435 g/mol. The second-order valence-electron chi connectivity index (χ2n) is 7.44. The van der Waals surface area contributed by atoms with Crippen molar-refractivity contribution < 1.29 is 18.8 Å². The molecular formula is C24H22FN3O4. The normalized spacial score (nSPS) is 13.7. The molecule has 1 aliphatic heterocycles. The summed E-state index contributed by atoms with van der Waals surface area (Å²) in [5.41, 5.74) is 1.87. The number of nitro groups is 1. The number of piperazine rings is 1. The van der Waals surface area contributed by atoms with E-state index in [1.165, 1.54) is 18.2 Å². The van der Waals surface area contributed by atoms with E-state index in [4.69, 9.17) is 4.74 Å². The van der Waals surface area contributed by atoms with Gasteiger partial charge in [-0.15, -0.1) is 0 Å². The van der Waals surface area contributed by atoms with Crippen molar-refractivity contribution in [3.05, 3.63) is 99.9 Å². The molecule has 0 unspecified atom stereocenters. The molecule has 1 heterocycles. The zero-order chi connectivity index (χ0) is 22.5. The molecule has 0 aliphatic carbocycles. The molecule has 0 atom stereocenters. The standard InChI is InChI=1S/C24H22FN3O4/c25-19-11-9-18(10-12-19)17-32-23-8-4-1-5-20(23)24(29)27-15-13-26(14-16-27)21-6-2-3-7-22(21)28(30)31/h1-12H,13-17H2. The number of ether oxygens (including phenoxy) is 1. The molecule has 0 bridgehead atoms. The summed E-state index contributed by atoms with van der Waals surface area (Å²) >= 11 is 0. The highest BCUT2D eigenvalue weighted by Crippen LogP contribution is 2.29. The fraction of sp³-hybridized carbons (Fsp3) is 0.208. The van der Waals surface area contributed by atoms with Crippen LogP contribution in [0.5, 0.6) is 5.75 Å². The summed E-state index contributed by atoms with van der Waals surface area (Å²) < 4.78 is 18.9. The maximum Gasteiger partial charge on any atom is 0.292 e. The van der Waals surface area contributed by atoms with E-state index in [1.807, 2.05) is 4.90 Å². The number of para-hydroxylation sites is 3. The average Bonchev–Trinajstić information content (AvgIpc) is 2.83. The van der Waals surface area contributed by atoms with Gasteiger partial charge in [-0.3, -0.25) is 14.9 Å². The minimum atomic E-state index is -0.387. The molecule has 0 aromatic heterocycles. The smallest absolute Gasteiger partial charge is 0.292 e. The lowest BCUT2D eigenvalue weighted by atomic mass is 10.1. The largest absolute Gasteiger partial charge is 0.488 e. The van der Waals surface area contributed by atoms with Crippen molar-refractivity contribution in [2.75, 3.05) is 31.1 Å². The highest BCUT2D eigenvalue weighted by Gasteiger charge is 2.27. The zero-order valence-corrected chi connectivity index (χ0v) is 17.3. The van der Waals surface area contributed by atoms with Gasteiger partial charge in [0.05, 0.1) is 10.5 Å². The van der Waals surface area contributed by atoms with Gasteiger partial charge < -0.3 is 14.5 Å². The number of benzene rings is 3. The maximum atomic E-state index is 13.2. The Labute approximate surface area is 184 Å². The van der Waals surface area contributed by atoms with Gasteiger partial charge in [0.25, 0.3) is 11.6 Å². The highest BCUT2D eigenvalue weighted by molar-refractivity contribution is 5.97. The van der Waals surface area contributed by atoms with E-state index in [0.29, 0.717) is 43.2 Å². The number of hydrogen-bond acceptors (Lipinski definition) is 5. The number of nitro benzene ring substituents is 1. The first-order valence-electron chi connectivity index (χ1n) is 10.3. The van der Waals surface area contributed by atoms with E-state index in [1.54, 1.807) is 59.5 Å². The van der Waals surface area contributed by atoms with Crippen molar-refractivity contribution in [2.45, 2.75) is 6.61 Å². The Hall–Kier alpha value is -3.94. The van der Waals surface area contributed by atoms with E-state index >= 15 is 0 Å². The molecule has 1 amide bonds. The van der Waals surface area contributed by atoms with Crippen LogP contribution in [0, 0.1) is 15.9 Å². The molecule has 0 spiro atoms. The zero-order valence-electron chi connectivity index (χ0n) is 17.3. The van der Waals surface area contributed by atoms with Crippen molar-refractivity contribution in [1.29, 1.82) is 0 Å². The molecule has 4 rings (SSSR count). The molecule has 8 heteroatoms. The first-order valence-corrected chi connectivity index (χ1v) is 10.3. The van der Waals surface area contributed by atoms with Crippen LogP contribution in [-0.4, -0.2) is 41.9 Å². The average molecular weight is 435 g/mol. The molecule has 3 aromatic carbocycles. The van der Waals surface area contributed by atoms with Crippen molar-refractivity contribution in [3.8, 4) is 5.75 Å². The SMILES string of the molecule is O=C(c1ccccc1OCc1ccc(F)cc1)N1CCN(c2ccccc2[N+](=O)[O-])CC1. The van der Waals surface area contributed by atoms with Crippen molar-refractivity contribution in [2.24, 2.45) is 0 Å². The lowest BCUT2D eigenvalue weighted by molar-refractivity contribution is -0.384. The van der Waals surface area contributed by atoms with Crippen LogP contribution >= 0.6 is 0 Å². The van der Waals surface area contributed by atoms with Gasteiger partial charge in [-0.05, 0) is 35.9 Å². The number of rotatable bonds is 6. The van der Waals surface area contributed by atoms with Crippen molar-refractivity contribution >= 4 is 17.3 Å². The number of nitrogens with zero attached hydrogens (tertiary/aromatic N) is 3. The summed E-state index contributed by atoms with van der Waals surface area (Å²) in [6.45, 7) is 2.09. The third kappa shape index (κ3) is 4.69. The molecule has 0 saturated carbocycles. The van der Waals surface area contributed by atoms with Crippen molar-refractivity contribution in [1.82, 2.24) is 4.90 Å². The summed E-state index contributed by atoms with van der Waals surface area (Å²) in [7, 11) is 0. The van der Waals surface area contributed by atoms with Gasteiger partial charge in [-0.1, -0.05) is 36.4 Å². The van der Waals surface area contributed by atoms with Gasteiger partial charge in [-0.25, -0.2) is 4.39 Å². The molecule has 1 saturated heterocycles. The number of anilines is 1. The van der Waals surface area contributed by atoms with Crippen LogP contribution in [-0.2, 0) is 6.61 Å². The fourth-order valence-electron chi connectivity index (χ4n) is 3.72. The van der Waals surface area contributed by atoms with Gasteiger partial charge in [-0.2, -0.15) is 0 Å². The van der Waals surface area contributed by atoms with Crippen LogP contribution < -0.4 is 9.64 Å². The third-order valence-electron chi connectivity index (χ3n) is 5.41. The van der Waals surface area contributed by atoms with Gasteiger partial charge >= 0.3 is 0 Å².